The molecule has 126 valence electrons. The van der Waals surface area contributed by atoms with Gasteiger partial charge in [-0.05, 0) is 11.6 Å². The summed E-state index contributed by atoms with van der Waals surface area (Å²) >= 11 is 3.18. The van der Waals surface area contributed by atoms with Gasteiger partial charge in [0.05, 0.1) is 17.5 Å². The molecular weight excluding hydrogens is 380 g/mol. The molecule has 0 spiro atoms. The number of nitrogens with one attached hydrogen (secondary N) is 1. The third-order valence-electron chi connectivity index (χ3n) is 2.92. The van der Waals surface area contributed by atoms with Crippen LogP contribution in [0.3, 0.4) is 0 Å². The highest BCUT2D eigenvalue weighted by Crippen LogP contribution is 2.25. The summed E-state index contributed by atoms with van der Waals surface area (Å²) in [6.45, 7) is 0.563. The summed E-state index contributed by atoms with van der Waals surface area (Å²) in [5.41, 5.74) is 0.819. The number of rotatable bonds is 7. The van der Waals surface area contributed by atoms with Gasteiger partial charge in [0.15, 0.2) is 0 Å². The lowest BCUT2D eigenvalue weighted by Gasteiger charge is -2.09. The first-order valence-electron chi connectivity index (χ1n) is 7.07. The van der Waals surface area contributed by atoms with Crippen LogP contribution in [0, 0.1) is 10.1 Å². The highest BCUT2D eigenvalue weighted by Gasteiger charge is 2.09. The van der Waals surface area contributed by atoms with Gasteiger partial charge in [-0.2, -0.15) is 0 Å². The van der Waals surface area contributed by atoms with Gasteiger partial charge in [0.25, 0.3) is 5.69 Å². The van der Waals surface area contributed by atoms with E-state index in [0.717, 1.165) is 5.56 Å². The first-order valence-corrected chi connectivity index (χ1v) is 7.86. The van der Waals surface area contributed by atoms with Crippen LogP contribution in [0.25, 0.3) is 0 Å². The molecule has 0 saturated heterocycles. The molecule has 0 aliphatic heterocycles. The molecule has 2 aromatic rings. The highest BCUT2D eigenvalue weighted by molar-refractivity contribution is 9.10. The summed E-state index contributed by atoms with van der Waals surface area (Å²) in [4.78, 5) is 21.8. The summed E-state index contributed by atoms with van der Waals surface area (Å²) in [7, 11) is 0. The van der Waals surface area contributed by atoms with Crippen molar-refractivity contribution in [3.8, 4) is 5.75 Å². The zero-order valence-electron chi connectivity index (χ0n) is 12.6. The minimum absolute atomic E-state index is 0.0744. The molecule has 1 N–H and O–H groups in total. The van der Waals surface area contributed by atoms with E-state index in [0.29, 0.717) is 10.2 Å². The number of carbonyl (C=O) groups excluding carboxylic acids is 1. The number of carbonyl (C=O) groups is 1. The van der Waals surface area contributed by atoms with Crippen LogP contribution in [0.15, 0.2) is 53.0 Å². The van der Waals surface area contributed by atoms with Gasteiger partial charge in [0.1, 0.15) is 19.0 Å². The van der Waals surface area contributed by atoms with Crippen LogP contribution in [0.1, 0.15) is 5.56 Å². The first-order chi connectivity index (χ1) is 11.5. The largest absolute Gasteiger partial charge is 0.491 e. The number of nitro groups is 1. The molecule has 0 atom stereocenters. The molecule has 2 rings (SSSR count). The van der Waals surface area contributed by atoms with Crippen molar-refractivity contribution < 1.29 is 19.2 Å². The number of halogens is 1. The van der Waals surface area contributed by atoms with Gasteiger partial charge in [-0.1, -0.05) is 46.3 Å². The number of benzene rings is 2. The number of nitrogens with zero attached hydrogens (tertiary/aromatic N) is 1. The maximum Gasteiger partial charge on any atom is 0.407 e. The van der Waals surface area contributed by atoms with Crippen molar-refractivity contribution in [2.24, 2.45) is 0 Å². The Bertz CT molecular complexity index is 709. The SMILES string of the molecule is O=C(NCCOc1cc(Br)cc([N+](=O)[O-])c1)OCc1ccccc1. The first kappa shape index (κ1) is 17.7. The summed E-state index contributed by atoms with van der Waals surface area (Å²) in [5.74, 6) is 0.343. The number of alkyl carbamates (subject to hydrolysis) is 1. The fraction of sp³-hybridized carbons (Fsp3) is 0.188. The number of hydrogen-bond donors (Lipinski definition) is 1. The molecule has 0 aromatic heterocycles. The van der Waals surface area contributed by atoms with Crippen LogP contribution in [0.2, 0.25) is 0 Å². The van der Waals surface area contributed by atoms with E-state index < -0.39 is 11.0 Å². The number of non-ortho nitro benzene ring substituents is 1. The lowest BCUT2D eigenvalue weighted by molar-refractivity contribution is -0.385. The van der Waals surface area contributed by atoms with Crippen molar-refractivity contribution in [2.75, 3.05) is 13.2 Å². The Morgan fingerprint density at radius 1 is 1.21 bits per heavy atom. The Morgan fingerprint density at radius 2 is 1.96 bits per heavy atom. The summed E-state index contributed by atoms with van der Waals surface area (Å²) in [6.07, 6.45) is -0.553. The molecule has 0 heterocycles. The zero-order chi connectivity index (χ0) is 17.4. The minimum atomic E-state index is -0.553. The van der Waals surface area contributed by atoms with E-state index in [1.165, 1.54) is 12.1 Å². The summed E-state index contributed by atoms with van der Waals surface area (Å²) < 4.78 is 11.0. The number of ether oxygens (including phenoxy) is 2. The van der Waals surface area contributed by atoms with Crippen LogP contribution in [0.4, 0.5) is 10.5 Å². The maximum atomic E-state index is 11.5. The van der Waals surface area contributed by atoms with Crippen molar-refractivity contribution in [2.45, 2.75) is 6.61 Å². The molecule has 0 saturated carbocycles. The van der Waals surface area contributed by atoms with Crippen LogP contribution in [-0.4, -0.2) is 24.2 Å². The van der Waals surface area contributed by atoms with E-state index in [-0.39, 0.29) is 25.4 Å². The Kier molecular flexibility index (Phi) is 6.56. The molecule has 0 radical (unpaired) electrons. The lowest BCUT2D eigenvalue weighted by atomic mass is 10.2. The maximum absolute atomic E-state index is 11.5. The van der Waals surface area contributed by atoms with Crippen LogP contribution in [0.5, 0.6) is 5.75 Å². The van der Waals surface area contributed by atoms with E-state index in [9.17, 15) is 14.9 Å². The summed E-state index contributed by atoms with van der Waals surface area (Å²) in [5, 5.41) is 13.3. The molecule has 0 unspecified atom stereocenters. The third-order valence-corrected chi connectivity index (χ3v) is 3.38. The number of hydrogen-bond acceptors (Lipinski definition) is 5. The molecule has 2 aromatic carbocycles. The van der Waals surface area contributed by atoms with Gasteiger partial charge in [-0.3, -0.25) is 10.1 Å². The standard InChI is InChI=1S/C16H15BrN2O5/c17-13-8-14(19(21)22)10-15(9-13)23-7-6-18-16(20)24-11-12-4-2-1-3-5-12/h1-5,8-10H,6-7,11H2,(H,18,20). The van der Waals surface area contributed by atoms with E-state index >= 15 is 0 Å². The molecule has 1 amide bonds. The Balaban J connectivity index is 1.71. The number of amides is 1. The van der Waals surface area contributed by atoms with Crippen LogP contribution in [-0.2, 0) is 11.3 Å². The predicted molar refractivity (Wildman–Crippen MR) is 90.9 cm³/mol. The third kappa shape index (κ3) is 5.88. The van der Waals surface area contributed by atoms with Gasteiger partial charge in [-0.25, -0.2) is 4.79 Å². The second-order valence-corrected chi connectivity index (χ2v) is 5.65. The monoisotopic (exact) mass is 394 g/mol. The quantitative estimate of drug-likeness (QED) is 0.439. The minimum Gasteiger partial charge on any atom is -0.491 e. The van der Waals surface area contributed by atoms with Gasteiger partial charge in [0.2, 0.25) is 0 Å². The van der Waals surface area contributed by atoms with E-state index in [2.05, 4.69) is 21.2 Å². The normalized spacial score (nSPS) is 10.0. The fourth-order valence-electron chi connectivity index (χ4n) is 1.83. The Labute approximate surface area is 146 Å². The molecule has 0 fully saturated rings. The van der Waals surface area contributed by atoms with Gasteiger partial charge in [-0.15, -0.1) is 0 Å². The van der Waals surface area contributed by atoms with Crippen LogP contribution < -0.4 is 10.1 Å². The van der Waals surface area contributed by atoms with Gasteiger partial charge < -0.3 is 14.8 Å². The van der Waals surface area contributed by atoms with Crippen molar-refractivity contribution in [3.63, 3.8) is 0 Å². The van der Waals surface area contributed by atoms with E-state index in [1.807, 2.05) is 30.3 Å². The molecule has 0 aliphatic carbocycles. The lowest BCUT2D eigenvalue weighted by Crippen LogP contribution is -2.28. The fourth-order valence-corrected chi connectivity index (χ4v) is 2.29. The average molecular weight is 395 g/mol. The van der Waals surface area contributed by atoms with Crippen molar-refractivity contribution in [1.82, 2.24) is 5.32 Å². The van der Waals surface area contributed by atoms with E-state index in [1.54, 1.807) is 6.07 Å². The number of nitro benzene ring substituents is 1. The molecule has 7 nitrogen and oxygen atoms in total. The Hall–Kier alpha value is -2.61. The second kappa shape index (κ2) is 8.88. The second-order valence-electron chi connectivity index (χ2n) is 4.74. The molecular formula is C16H15BrN2O5. The molecule has 24 heavy (non-hydrogen) atoms. The van der Waals surface area contributed by atoms with E-state index in [4.69, 9.17) is 9.47 Å². The topological polar surface area (TPSA) is 90.7 Å². The predicted octanol–water partition coefficient (Wildman–Crippen LogP) is 3.66. The summed E-state index contributed by atoms with van der Waals surface area (Å²) in [6, 6.07) is 13.6. The molecule has 0 aliphatic rings. The highest BCUT2D eigenvalue weighted by atomic mass is 79.9. The van der Waals surface area contributed by atoms with Crippen molar-refractivity contribution in [1.29, 1.82) is 0 Å². The molecule has 0 bridgehead atoms. The van der Waals surface area contributed by atoms with Gasteiger partial charge >= 0.3 is 6.09 Å². The van der Waals surface area contributed by atoms with Crippen molar-refractivity contribution in [3.05, 3.63) is 68.7 Å². The average Bonchev–Trinajstić information content (AvgIpc) is 2.57. The zero-order valence-corrected chi connectivity index (χ0v) is 14.2. The smallest absolute Gasteiger partial charge is 0.407 e. The molecule has 8 heteroatoms. The van der Waals surface area contributed by atoms with Crippen molar-refractivity contribution >= 4 is 27.7 Å². The van der Waals surface area contributed by atoms with Gasteiger partial charge in [0, 0.05) is 10.5 Å². The van der Waals surface area contributed by atoms with Crippen LogP contribution >= 0.6 is 15.9 Å². The Morgan fingerprint density at radius 3 is 2.67 bits per heavy atom.